The number of alkyl halides is 2. The highest BCUT2D eigenvalue weighted by Gasteiger charge is 2.19. The molecule has 2 N–H and O–H groups in total. The maximum Gasteiger partial charge on any atom is 0.317 e. The predicted molar refractivity (Wildman–Crippen MR) is 58.1 cm³/mol. The Labute approximate surface area is 98.8 Å². The molecule has 17 heavy (non-hydrogen) atoms. The van der Waals surface area contributed by atoms with Crippen LogP contribution in [0.3, 0.4) is 0 Å². The smallest absolute Gasteiger partial charge is 0.317 e. The molecule has 0 radical (unpaired) electrons. The van der Waals surface area contributed by atoms with Gasteiger partial charge < -0.3 is 15.3 Å². The molecule has 0 fully saturated rings. The summed E-state index contributed by atoms with van der Waals surface area (Å²) in [4.78, 5) is 22.9. The summed E-state index contributed by atoms with van der Waals surface area (Å²) in [5.74, 6) is -1.67. The molecule has 0 saturated carbocycles. The van der Waals surface area contributed by atoms with Crippen LogP contribution in [0.25, 0.3) is 0 Å². The van der Waals surface area contributed by atoms with E-state index in [0.717, 1.165) is 4.90 Å². The molecule has 0 aromatic rings. The molecule has 0 saturated heterocycles. The lowest BCUT2D eigenvalue weighted by atomic mass is 10.0. The van der Waals surface area contributed by atoms with E-state index in [1.54, 1.807) is 0 Å². The van der Waals surface area contributed by atoms with Gasteiger partial charge >= 0.3 is 12.0 Å². The van der Waals surface area contributed by atoms with E-state index in [4.69, 9.17) is 5.11 Å². The monoisotopic (exact) mass is 252 g/mol. The standard InChI is InChI=1S/C10H18F2N2O3/c1-3-4-7(9(15)16)5-13-10(17)14(2)6-8(11)12/h7-8H,3-6H2,1-2H3,(H,13,17)(H,15,16). The molecule has 0 aliphatic rings. The molecule has 2 amide bonds. The first-order valence-corrected chi connectivity index (χ1v) is 5.38. The van der Waals surface area contributed by atoms with Crippen LogP contribution in [0.1, 0.15) is 19.8 Å². The number of carbonyl (C=O) groups excluding carboxylic acids is 1. The van der Waals surface area contributed by atoms with Crippen LogP contribution >= 0.6 is 0 Å². The summed E-state index contributed by atoms with van der Waals surface area (Å²) in [6.45, 7) is 1.12. The summed E-state index contributed by atoms with van der Waals surface area (Å²) in [5, 5.41) is 11.1. The number of aliphatic carboxylic acids is 1. The van der Waals surface area contributed by atoms with Crippen molar-refractivity contribution in [2.75, 3.05) is 20.1 Å². The van der Waals surface area contributed by atoms with E-state index in [1.165, 1.54) is 7.05 Å². The second-order valence-electron chi connectivity index (χ2n) is 3.78. The molecule has 0 aliphatic carbocycles. The molecule has 0 aromatic heterocycles. The zero-order chi connectivity index (χ0) is 13.4. The van der Waals surface area contributed by atoms with Crippen molar-refractivity contribution in [1.82, 2.24) is 10.2 Å². The van der Waals surface area contributed by atoms with Crippen molar-refractivity contribution in [3.8, 4) is 0 Å². The van der Waals surface area contributed by atoms with Gasteiger partial charge in [-0.05, 0) is 6.42 Å². The lowest BCUT2D eigenvalue weighted by Gasteiger charge is -2.19. The molecule has 5 nitrogen and oxygen atoms in total. The van der Waals surface area contributed by atoms with Crippen molar-refractivity contribution in [2.45, 2.75) is 26.2 Å². The molecule has 0 aromatic carbocycles. The molecule has 0 aliphatic heterocycles. The number of rotatable bonds is 7. The number of halogens is 2. The van der Waals surface area contributed by atoms with Crippen molar-refractivity contribution in [3.63, 3.8) is 0 Å². The third-order valence-electron chi connectivity index (χ3n) is 2.24. The number of nitrogens with zero attached hydrogens (tertiary/aromatic N) is 1. The zero-order valence-corrected chi connectivity index (χ0v) is 9.95. The van der Waals surface area contributed by atoms with E-state index in [2.05, 4.69) is 5.32 Å². The fourth-order valence-corrected chi connectivity index (χ4v) is 1.30. The summed E-state index contributed by atoms with van der Waals surface area (Å²) < 4.78 is 24.0. The third-order valence-corrected chi connectivity index (χ3v) is 2.24. The molecular formula is C10H18F2N2O3. The van der Waals surface area contributed by atoms with Crippen molar-refractivity contribution < 1.29 is 23.5 Å². The number of amides is 2. The maximum absolute atomic E-state index is 12.0. The van der Waals surface area contributed by atoms with Gasteiger partial charge in [0.1, 0.15) is 0 Å². The van der Waals surface area contributed by atoms with Crippen LogP contribution in [-0.2, 0) is 4.79 Å². The summed E-state index contributed by atoms with van der Waals surface area (Å²) in [5.41, 5.74) is 0. The molecule has 100 valence electrons. The molecule has 0 spiro atoms. The van der Waals surface area contributed by atoms with Crippen LogP contribution in [0, 0.1) is 5.92 Å². The van der Waals surface area contributed by atoms with Gasteiger partial charge in [-0.3, -0.25) is 4.79 Å². The fraction of sp³-hybridized carbons (Fsp3) is 0.800. The van der Waals surface area contributed by atoms with Crippen molar-refractivity contribution in [3.05, 3.63) is 0 Å². The lowest BCUT2D eigenvalue weighted by Crippen LogP contribution is -2.42. The predicted octanol–water partition coefficient (Wildman–Crippen LogP) is 1.39. The van der Waals surface area contributed by atoms with Crippen LogP contribution in [0.4, 0.5) is 13.6 Å². The number of nitrogens with one attached hydrogen (secondary N) is 1. The van der Waals surface area contributed by atoms with Gasteiger partial charge in [-0.2, -0.15) is 0 Å². The summed E-state index contributed by atoms with van der Waals surface area (Å²) in [7, 11) is 1.23. The molecule has 1 atom stereocenters. The number of carbonyl (C=O) groups is 2. The van der Waals surface area contributed by atoms with Crippen LogP contribution < -0.4 is 5.32 Å². The lowest BCUT2D eigenvalue weighted by molar-refractivity contribution is -0.141. The Kier molecular flexibility index (Phi) is 7.16. The highest BCUT2D eigenvalue weighted by Crippen LogP contribution is 2.05. The van der Waals surface area contributed by atoms with E-state index in [1.807, 2.05) is 6.92 Å². The van der Waals surface area contributed by atoms with Crippen LogP contribution in [0.5, 0.6) is 0 Å². The highest BCUT2D eigenvalue weighted by atomic mass is 19.3. The van der Waals surface area contributed by atoms with Gasteiger partial charge in [-0.15, -0.1) is 0 Å². The fourth-order valence-electron chi connectivity index (χ4n) is 1.30. The zero-order valence-electron chi connectivity index (χ0n) is 9.95. The van der Waals surface area contributed by atoms with Gasteiger partial charge in [0, 0.05) is 13.6 Å². The first-order valence-electron chi connectivity index (χ1n) is 5.38. The molecule has 0 heterocycles. The minimum absolute atomic E-state index is 0.0460. The number of urea groups is 1. The number of carboxylic acid groups (broad SMARTS) is 1. The molecule has 0 rings (SSSR count). The summed E-state index contributed by atoms with van der Waals surface area (Å²) in [6.07, 6.45) is -1.48. The summed E-state index contributed by atoms with van der Waals surface area (Å²) in [6, 6.07) is -0.687. The molecule has 1 unspecified atom stereocenters. The SMILES string of the molecule is CCCC(CNC(=O)N(C)CC(F)F)C(=O)O. The average molecular weight is 252 g/mol. The van der Waals surface area contributed by atoms with E-state index >= 15 is 0 Å². The van der Waals surface area contributed by atoms with Gasteiger partial charge in [0.25, 0.3) is 6.43 Å². The van der Waals surface area contributed by atoms with Crippen LogP contribution in [0.15, 0.2) is 0 Å². The minimum atomic E-state index is -2.60. The van der Waals surface area contributed by atoms with E-state index < -0.39 is 30.9 Å². The van der Waals surface area contributed by atoms with Crippen molar-refractivity contribution in [1.29, 1.82) is 0 Å². The second kappa shape index (κ2) is 7.81. The Bertz CT molecular complexity index is 262. The number of hydrogen-bond donors (Lipinski definition) is 2. The van der Waals surface area contributed by atoms with E-state index in [0.29, 0.717) is 12.8 Å². The van der Waals surface area contributed by atoms with Crippen molar-refractivity contribution >= 4 is 12.0 Å². The van der Waals surface area contributed by atoms with E-state index in [-0.39, 0.29) is 6.54 Å². The van der Waals surface area contributed by atoms with E-state index in [9.17, 15) is 18.4 Å². The Balaban J connectivity index is 4.07. The van der Waals surface area contributed by atoms with Crippen LogP contribution in [-0.4, -0.2) is 48.6 Å². The quantitative estimate of drug-likeness (QED) is 0.719. The van der Waals surface area contributed by atoms with Gasteiger partial charge in [-0.25, -0.2) is 13.6 Å². The van der Waals surface area contributed by atoms with Gasteiger partial charge in [0.15, 0.2) is 0 Å². The number of carboxylic acids is 1. The Hall–Kier alpha value is -1.40. The molecule has 0 bridgehead atoms. The topological polar surface area (TPSA) is 69.6 Å². The number of hydrogen-bond acceptors (Lipinski definition) is 2. The third kappa shape index (κ3) is 6.70. The molecule has 7 heteroatoms. The average Bonchev–Trinajstić information content (AvgIpc) is 2.22. The maximum atomic E-state index is 12.0. The van der Waals surface area contributed by atoms with Gasteiger partial charge in [0.05, 0.1) is 12.5 Å². The van der Waals surface area contributed by atoms with Crippen molar-refractivity contribution in [2.24, 2.45) is 5.92 Å². The van der Waals surface area contributed by atoms with Gasteiger partial charge in [0.2, 0.25) is 0 Å². The largest absolute Gasteiger partial charge is 0.481 e. The normalized spacial score (nSPS) is 12.3. The Morgan fingerprint density at radius 2 is 2.00 bits per heavy atom. The minimum Gasteiger partial charge on any atom is -0.481 e. The summed E-state index contributed by atoms with van der Waals surface area (Å²) >= 11 is 0. The molecular weight excluding hydrogens is 234 g/mol. The highest BCUT2D eigenvalue weighted by molar-refractivity contribution is 5.75. The first-order chi connectivity index (χ1) is 7.88. The van der Waals surface area contributed by atoms with Crippen LogP contribution in [0.2, 0.25) is 0 Å². The Morgan fingerprint density at radius 1 is 1.41 bits per heavy atom. The Morgan fingerprint density at radius 3 is 2.41 bits per heavy atom. The van der Waals surface area contributed by atoms with Gasteiger partial charge in [-0.1, -0.05) is 13.3 Å². The second-order valence-corrected chi connectivity index (χ2v) is 3.78. The first kappa shape index (κ1) is 15.6.